The van der Waals surface area contributed by atoms with Crippen molar-refractivity contribution in [2.45, 2.75) is 34.2 Å². The molecule has 0 heterocycles. The molecular formula is C23H32N4O3. The molecule has 1 amide bonds. The monoisotopic (exact) mass is 412 g/mol. The van der Waals surface area contributed by atoms with Crippen molar-refractivity contribution >= 4 is 23.2 Å². The fourth-order valence-corrected chi connectivity index (χ4v) is 2.62. The van der Waals surface area contributed by atoms with E-state index < -0.39 is 0 Å². The molecule has 0 aliphatic rings. The number of rotatable bonds is 9. The van der Waals surface area contributed by atoms with Crippen LogP contribution in [0.5, 0.6) is 11.5 Å². The molecule has 0 unspecified atom stereocenters. The Morgan fingerprint density at radius 2 is 1.70 bits per heavy atom. The highest BCUT2D eigenvalue weighted by Crippen LogP contribution is 2.30. The number of nitrogens with zero attached hydrogens (tertiary/aromatic N) is 1. The lowest BCUT2D eigenvalue weighted by Gasteiger charge is -2.14. The number of carbonyl (C=O) groups excluding carboxylic acids is 1. The van der Waals surface area contributed by atoms with Crippen molar-refractivity contribution in [3.8, 4) is 11.5 Å². The third-order valence-corrected chi connectivity index (χ3v) is 4.24. The smallest absolute Gasteiger partial charge is 0.226 e. The Morgan fingerprint density at radius 1 is 1.00 bits per heavy atom. The number of amides is 1. The van der Waals surface area contributed by atoms with E-state index in [1.54, 1.807) is 7.11 Å². The van der Waals surface area contributed by atoms with Crippen molar-refractivity contribution in [1.82, 2.24) is 5.32 Å². The van der Waals surface area contributed by atoms with Crippen LogP contribution in [0, 0.1) is 5.92 Å². The molecule has 0 spiro atoms. The van der Waals surface area contributed by atoms with Gasteiger partial charge in [0, 0.05) is 29.9 Å². The van der Waals surface area contributed by atoms with E-state index in [4.69, 9.17) is 9.47 Å². The number of benzene rings is 2. The maximum Gasteiger partial charge on any atom is 0.226 e. The van der Waals surface area contributed by atoms with Crippen LogP contribution in [-0.2, 0) is 11.3 Å². The Labute approximate surface area is 178 Å². The van der Waals surface area contributed by atoms with Crippen LogP contribution < -0.4 is 25.4 Å². The number of aliphatic imine (C=N–C) groups is 1. The van der Waals surface area contributed by atoms with E-state index >= 15 is 0 Å². The second-order valence-electron chi connectivity index (χ2n) is 6.96. The summed E-state index contributed by atoms with van der Waals surface area (Å²) in [4.78, 5) is 16.4. The third-order valence-electron chi connectivity index (χ3n) is 4.24. The number of guanidine groups is 1. The molecule has 30 heavy (non-hydrogen) atoms. The number of nitrogens with one attached hydrogen (secondary N) is 3. The van der Waals surface area contributed by atoms with Gasteiger partial charge in [0.05, 0.1) is 20.3 Å². The Kier molecular flexibility index (Phi) is 9.00. The molecule has 7 heteroatoms. The summed E-state index contributed by atoms with van der Waals surface area (Å²) in [5, 5.41) is 9.43. The molecular weight excluding hydrogens is 380 g/mol. The minimum Gasteiger partial charge on any atom is -0.493 e. The Hall–Kier alpha value is -3.22. The Bertz CT molecular complexity index is 848. The van der Waals surface area contributed by atoms with E-state index in [1.807, 2.05) is 70.2 Å². The first-order valence-electron chi connectivity index (χ1n) is 10.2. The van der Waals surface area contributed by atoms with Crippen LogP contribution in [0.2, 0.25) is 0 Å². The number of hydrogen-bond acceptors (Lipinski definition) is 4. The first-order valence-corrected chi connectivity index (χ1v) is 10.2. The minimum absolute atomic E-state index is 0.00492. The van der Waals surface area contributed by atoms with Crippen molar-refractivity contribution < 1.29 is 14.3 Å². The third kappa shape index (κ3) is 6.99. The highest BCUT2D eigenvalue weighted by atomic mass is 16.5. The normalized spacial score (nSPS) is 11.2. The van der Waals surface area contributed by atoms with Gasteiger partial charge in [-0.2, -0.15) is 0 Å². The molecule has 0 aromatic heterocycles. The number of methoxy groups -OCH3 is 1. The van der Waals surface area contributed by atoms with Crippen molar-refractivity contribution in [2.75, 3.05) is 30.9 Å². The Morgan fingerprint density at radius 3 is 2.30 bits per heavy atom. The van der Waals surface area contributed by atoms with Gasteiger partial charge in [0.25, 0.3) is 0 Å². The number of hydrogen-bond donors (Lipinski definition) is 3. The lowest BCUT2D eigenvalue weighted by molar-refractivity contribution is -0.118. The second-order valence-corrected chi connectivity index (χ2v) is 6.96. The van der Waals surface area contributed by atoms with Crippen LogP contribution in [-0.4, -0.2) is 32.1 Å². The van der Waals surface area contributed by atoms with Gasteiger partial charge in [-0.1, -0.05) is 26.0 Å². The molecule has 0 saturated carbocycles. The zero-order valence-corrected chi connectivity index (χ0v) is 18.4. The molecule has 162 valence electrons. The molecule has 0 saturated heterocycles. The highest BCUT2D eigenvalue weighted by molar-refractivity contribution is 5.94. The molecule has 2 rings (SSSR count). The predicted molar refractivity (Wildman–Crippen MR) is 123 cm³/mol. The quantitative estimate of drug-likeness (QED) is 0.423. The van der Waals surface area contributed by atoms with E-state index in [0.29, 0.717) is 30.6 Å². The van der Waals surface area contributed by atoms with Crippen molar-refractivity contribution in [2.24, 2.45) is 10.9 Å². The summed E-state index contributed by atoms with van der Waals surface area (Å²) >= 11 is 0. The zero-order valence-electron chi connectivity index (χ0n) is 18.4. The van der Waals surface area contributed by atoms with Gasteiger partial charge in [-0.3, -0.25) is 4.79 Å². The van der Waals surface area contributed by atoms with Crippen molar-refractivity contribution in [3.05, 3.63) is 48.0 Å². The molecule has 0 bridgehead atoms. The summed E-state index contributed by atoms with van der Waals surface area (Å²) in [5.41, 5.74) is 2.68. The molecule has 3 N–H and O–H groups in total. The van der Waals surface area contributed by atoms with Crippen molar-refractivity contribution in [1.29, 1.82) is 0 Å². The topological polar surface area (TPSA) is 84.0 Å². The SMILES string of the molecule is CCNC(=NCc1ccc(NC(=O)C(C)C)cc1)Nc1ccc(OC)c(OCC)c1. The molecule has 0 radical (unpaired) electrons. The molecule has 0 aliphatic heterocycles. The maximum atomic E-state index is 11.8. The molecule has 0 aliphatic carbocycles. The summed E-state index contributed by atoms with van der Waals surface area (Å²) in [6.07, 6.45) is 0. The maximum absolute atomic E-state index is 11.8. The van der Waals surface area contributed by atoms with E-state index in [-0.39, 0.29) is 11.8 Å². The first-order chi connectivity index (χ1) is 14.5. The van der Waals surface area contributed by atoms with Gasteiger partial charge in [0.15, 0.2) is 17.5 Å². The molecule has 0 fully saturated rings. The van der Waals surface area contributed by atoms with Gasteiger partial charge in [0.2, 0.25) is 5.91 Å². The fraction of sp³-hybridized carbons (Fsp3) is 0.391. The summed E-state index contributed by atoms with van der Waals surface area (Å²) in [7, 11) is 1.62. The second kappa shape index (κ2) is 11.7. The van der Waals surface area contributed by atoms with Gasteiger partial charge < -0.3 is 25.4 Å². The summed E-state index contributed by atoms with van der Waals surface area (Å²) < 4.78 is 11.0. The fourth-order valence-electron chi connectivity index (χ4n) is 2.62. The lowest BCUT2D eigenvalue weighted by Crippen LogP contribution is -2.30. The molecule has 2 aromatic carbocycles. The van der Waals surface area contributed by atoms with Crippen molar-refractivity contribution in [3.63, 3.8) is 0 Å². The number of ether oxygens (including phenoxy) is 2. The Balaban J connectivity index is 2.07. The van der Waals surface area contributed by atoms with E-state index in [9.17, 15) is 4.79 Å². The summed E-state index contributed by atoms with van der Waals surface area (Å²) in [5.74, 6) is 1.99. The standard InChI is InChI=1S/C23H32N4O3/c1-6-24-23(27-19-12-13-20(29-5)21(14-19)30-7-2)25-15-17-8-10-18(11-9-17)26-22(28)16(3)4/h8-14,16H,6-7,15H2,1-5H3,(H,26,28)(H2,24,25,27). The van der Waals surface area contributed by atoms with Crippen LogP contribution in [0.3, 0.4) is 0 Å². The number of carbonyl (C=O) groups is 1. The average Bonchev–Trinajstić information content (AvgIpc) is 2.73. The highest BCUT2D eigenvalue weighted by Gasteiger charge is 2.08. The van der Waals surface area contributed by atoms with Crippen LogP contribution in [0.1, 0.15) is 33.3 Å². The first kappa shape index (κ1) is 23.1. The van der Waals surface area contributed by atoms with E-state index in [0.717, 1.165) is 23.5 Å². The summed E-state index contributed by atoms with van der Waals surface area (Å²) in [6.45, 7) is 9.49. The molecule has 7 nitrogen and oxygen atoms in total. The largest absolute Gasteiger partial charge is 0.493 e. The minimum atomic E-state index is -0.0516. The predicted octanol–water partition coefficient (Wildman–Crippen LogP) is 4.27. The molecule has 2 aromatic rings. The molecule has 0 atom stereocenters. The zero-order chi connectivity index (χ0) is 21.9. The van der Waals surface area contributed by atoms with E-state index in [2.05, 4.69) is 20.9 Å². The van der Waals surface area contributed by atoms with Gasteiger partial charge in [-0.15, -0.1) is 0 Å². The van der Waals surface area contributed by atoms with Gasteiger partial charge >= 0.3 is 0 Å². The average molecular weight is 413 g/mol. The summed E-state index contributed by atoms with van der Waals surface area (Å²) in [6, 6.07) is 13.4. The van der Waals surface area contributed by atoms with Crippen LogP contribution in [0.4, 0.5) is 11.4 Å². The van der Waals surface area contributed by atoms with Gasteiger partial charge in [-0.25, -0.2) is 4.99 Å². The lowest BCUT2D eigenvalue weighted by atomic mass is 10.2. The van der Waals surface area contributed by atoms with Crippen LogP contribution in [0.15, 0.2) is 47.5 Å². The number of anilines is 2. The van der Waals surface area contributed by atoms with Crippen LogP contribution >= 0.6 is 0 Å². The van der Waals surface area contributed by atoms with Crippen LogP contribution in [0.25, 0.3) is 0 Å². The van der Waals surface area contributed by atoms with Gasteiger partial charge in [-0.05, 0) is 43.7 Å². The van der Waals surface area contributed by atoms with Gasteiger partial charge in [0.1, 0.15) is 0 Å². The van der Waals surface area contributed by atoms with E-state index in [1.165, 1.54) is 0 Å².